The highest BCUT2D eigenvalue weighted by Gasteiger charge is 2.21. The van der Waals surface area contributed by atoms with E-state index in [9.17, 15) is 24.2 Å². The fourth-order valence-corrected chi connectivity index (χ4v) is 7.28. The minimum Gasteiger partial charge on any atom is -0.756 e. The molecular formula is C50H92NO9P. The average molecular weight is 882 g/mol. The van der Waals surface area contributed by atoms with Crippen molar-refractivity contribution in [2.45, 2.75) is 212 Å². The van der Waals surface area contributed by atoms with E-state index in [-0.39, 0.29) is 26.1 Å². The van der Waals surface area contributed by atoms with Crippen molar-refractivity contribution in [3.63, 3.8) is 0 Å². The van der Waals surface area contributed by atoms with Crippen molar-refractivity contribution in [1.82, 2.24) is 0 Å². The Labute approximate surface area is 374 Å². The van der Waals surface area contributed by atoms with Crippen molar-refractivity contribution in [3.8, 4) is 0 Å². The lowest BCUT2D eigenvalue weighted by atomic mass is 10.0. The predicted molar refractivity (Wildman–Crippen MR) is 251 cm³/mol. The molecule has 0 aliphatic rings. The average Bonchev–Trinajstić information content (AvgIpc) is 3.21. The number of aliphatic hydroxyl groups excluding tert-OH is 1. The Morgan fingerprint density at radius 2 is 1.11 bits per heavy atom. The Hall–Kier alpha value is -2.07. The zero-order valence-electron chi connectivity index (χ0n) is 39.7. The van der Waals surface area contributed by atoms with Gasteiger partial charge in [-0.25, -0.2) is 0 Å². The van der Waals surface area contributed by atoms with Gasteiger partial charge in [0.25, 0.3) is 7.82 Å². The van der Waals surface area contributed by atoms with E-state index < -0.39 is 38.6 Å². The van der Waals surface area contributed by atoms with Gasteiger partial charge in [-0.2, -0.15) is 0 Å². The summed E-state index contributed by atoms with van der Waals surface area (Å²) in [7, 11) is 1.09. The third-order valence-corrected chi connectivity index (χ3v) is 11.4. The molecular weight excluding hydrogens is 790 g/mol. The topological polar surface area (TPSA) is 131 Å². The SMILES string of the molecule is CCCCC/C=C\C=C/[C@H](O)C/C=C\C/C=C/CCCC(=O)O[C@H](COC(=O)CCCCCCCCCCCCCCCCCCCCC)COP(=O)([O-])OCC[N+](C)(C)C. The molecule has 1 N–H and O–H groups in total. The highest BCUT2D eigenvalue weighted by molar-refractivity contribution is 7.45. The zero-order chi connectivity index (χ0) is 45.1. The van der Waals surface area contributed by atoms with Crippen molar-refractivity contribution in [2.75, 3.05) is 47.5 Å². The molecule has 0 rings (SSSR count). The Morgan fingerprint density at radius 1 is 0.607 bits per heavy atom. The van der Waals surface area contributed by atoms with Crippen molar-refractivity contribution >= 4 is 19.8 Å². The van der Waals surface area contributed by atoms with Crippen LogP contribution in [0.25, 0.3) is 0 Å². The van der Waals surface area contributed by atoms with Crippen LogP contribution in [0.1, 0.15) is 200 Å². The number of carbonyl (C=O) groups excluding carboxylic acids is 2. The molecule has 0 aromatic carbocycles. The first-order valence-electron chi connectivity index (χ1n) is 24.5. The first-order valence-corrected chi connectivity index (χ1v) is 25.9. The summed E-state index contributed by atoms with van der Waals surface area (Å²) >= 11 is 0. The van der Waals surface area contributed by atoms with Crippen LogP contribution in [0.5, 0.6) is 0 Å². The number of allylic oxidation sites excluding steroid dienone is 6. The van der Waals surface area contributed by atoms with E-state index in [0.29, 0.717) is 43.1 Å². The summed E-state index contributed by atoms with van der Waals surface area (Å²) in [5.41, 5.74) is 0. The molecule has 0 radical (unpaired) electrons. The Morgan fingerprint density at radius 3 is 1.69 bits per heavy atom. The zero-order valence-corrected chi connectivity index (χ0v) is 40.6. The number of hydrogen-bond donors (Lipinski definition) is 1. The van der Waals surface area contributed by atoms with Crippen LogP contribution in [0.4, 0.5) is 0 Å². The Kier molecular flexibility index (Phi) is 40.5. The van der Waals surface area contributed by atoms with Crippen LogP contribution < -0.4 is 4.89 Å². The van der Waals surface area contributed by atoms with E-state index in [4.69, 9.17) is 18.5 Å². The van der Waals surface area contributed by atoms with E-state index in [1.165, 1.54) is 122 Å². The number of ether oxygens (including phenoxy) is 2. The van der Waals surface area contributed by atoms with Gasteiger partial charge in [-0.05, 0) is 44.9 Å². The minimum absolute atomic E-state index is 0.0527. The highest BCUT2D eigenvalue weighted by atomic mass is 31.2. The Balaban J connectivity index is 4.41. The molecule has 0 spiro atoms. The number of nitrogens with zero attached hydrogens (tertiary/aromatic N) is 1. The van der Waals surface area contributed by atoms with Gasteiger partial charge in [0.15, 0.2) is 6.10 Å². The molecule has 0 fully saturated rings. The van der Waals surface area contributed by atoms with Gasteiger partial charge in [-0.3, -0.25) is 14.2 Å². The predicted octanol–water partition coefficient (Wildman–Crippen LogP) is 12.6. The first-order chi connectivity index (χ1) is 29.4. The highest BCUT2D eigenvalue weighted by Crippen LogP contribution is 2.38. The lowest BCUT2D eigenvalue weighted by Gasteiger charge is -2.28. The van der Waals surface area contributed by atoms with Gasteiger partial charge in [-0.1, -0.05) is 191 Å². The number of unbranched alkanes of at least 4 members (excludes halogenated alkanes) is 22. The number of rotatable bonds is 44. The molecule has 61 heavy (non-hydrogen) atoms. The van der Waals surface area contributed by atoms with E-state index in [2.05, 4.69) is 19.9 Å². The lowest BCUT2D eigenvalue weighted by Crippen LogP contribution is -2.37. The summed E-state index contributed by atoms with van der Waals surface area (Å²) in [6.07, 6.45) is 46.0. The summed E-state index contributed by atoms with van der Waals surface area (Å²) in [4.78, 5) is 37.6. The van der Waals surface area contributed by atoms with Crippen LogP contribution in [0, 0.1) is 0 Å². The van der Waals surface area contributed by atoms with Gasteiger partial charge in [-0.15, -0.1) is 0 Å². The number of hydrogen-bond acceptors (Lipinski definition) is 9. The largest absolute Gasteiger partial charge is 0.756 e. The third kappa shape index (κ3) is 45.8. The maximum Gasteiger partial charge on any atom is 0.306 e. The monoisotopic (exact) mass is 882 g/mol. The molecule has 0 aliphatic heterocycles. The van der Waals surface area contributed by atoms with Gasteiger partial charge in [0, 0.05) is 12.8 Å². The second kappa shape index (κ2) is 41.9. The van der Waals surface area contributed by atoms with E-state index in [0.717, 1.165) is 19.3 Å². The molecule has 0 heterocycles. The molecule has 0 amide bonds. The van der Waals surface area contributed by atoms with Crippen molar-refractivity contribution in [2.24, 2.45) is 0 Å². The molecule has 0 aromatic heterocycles. The van der Waals surface area contributed by atoms with Crippen molar-refractivity contribution in [3.05, 3.63) is 48.6 Å². The minimum atomic E-state index is -4.66. The number of esters is 2. The van der Waals surface area contributed by atoms with Crippen molar-refractivity contribution in [1.29, 1.82) is 0 Å². The molecule has 1 unspecified atom stereocenters. The van der Waals surface area contributed by atoms with E-state index in [1.807, 2.05) is 57.6 Å². The van der Waals surface area contributed by atoms with Gasteiger partial charge in [0.05, 0.1) is 33.9 Å². The van der Waals surface area contributed by atoms with Gasteiger partial charge < -0.3 is 33.0 Å². The summed E-state index contributed by atoms with van der Waals surface area (Å²) in [6.45, 7) is 4.06. The summed E-state index contributed by atoms with van der Waals surface area (Å²) in [5, 5.41) is 10.1. The lowest BCUT2D eigenvalue weighted by molar-refractivity contribution is -0.870. The maximum absolute atomic E-state index is 12.7. The first kappa shape index (κ1) is 58.9. The number of aliphatic hydroxyl groups is 1. The summed E-state index contributed by atoms with van der Waals surface area (Å²) in [6, 6.07) is 0. The molecule has 10 nitrogen and oxygen atoms in total. The molecule has 11 heteroatoms. The van der Waals surface area contributed by atoms with Crippen molar-refractivity contribution < 1.29 is 47.2 Å². The standard InChI is InChI=1S/C50H92NO9P/c1-6-8-10-12-14-15-16-17-18-19-20-21-22-23-24-25-29-33-37-41-49(53)57-45-48(46-59-61(55,56)58-44-43-51(3,4)5)60-50(54)42-38-34-30-26-28-32-36-40-47(52)39-35-31-27-13-11-9-7-2/h26-27,30-32,35-36,39,47-48,52H,6-25,28-29,33-34,37-38,40-46H2,1-5H3/b30-26+,31-27-,36-32-,39-35-/t47-,48+/m0/s1. The summed E-state index contributed by atoms with van der Waals surface area (Å²) < 4.78 is 33.9. The quantitative estimate of drug-likeness (QED) is 0.0159. The second-order valence-corrected chi connectivity index (χ2v) is 19.1. The third-order valence-electron chi connectivity index (χ3n) is 10.4. The van der Waals surface area contributed by atoms with E-state index in [1.54, 1.807) is 6.08 Å². The van der Waals surface area contributed by atoms with E-state index >= 15 is 0 Å². The number of likely N-dealkylation sites (N-methyl/N-ethyl adjacent to an activating group) is 1. The molecule has 356 valence electrons. The molecule has 0 saturated carbocycles. The fraction of sp³-hybridized carbons (Fsp3) is 0.800. The van der Waals surface area contributed by atoms with Crippen LogP contribution in [0.3, 0.4) is 0 Å². The van der Waals surface area contributed by atoms with Crippen LogP contribution in [-0.4, -0.2) is 81.2 Å². The normalized spacial score (nSPS) is 14.4. The molecule has 0 bridgehead atoms. The molecule has 0 saturated heterocycles. The number of phosphoric ester groups is 1. The Bertz CT molecular complexity index is 1200. The van der Waals surface area contributed by atoms with Crippen LogP contribution >= 0.6 is 7.82 Å². The van der Waals surface area contributed by atoms with Crippen LogP contribution in [0.15, 0.2) is 48.6 Å². The van der Waals surface area contributed by atoms with Gasteiger partial charge >= 0.3 is 11.9 Å². The number of carbonyl (C=O) groups is 2. The molecule has 3 atom stereocenters. The maximum atomic E-state index is 12.7. The molecule has 0 aromatic rings. The number of quaternary nitrogens is 1. The molecule has 0 aliphatic carbocycles. The van der Waals surface area contributed by atoms with Crippen LogP contribution in [0.2, 0.25) is 0 Å². The van der Waals surface area contributed by atoms with Gasteiger partial charge in [0.1, 0.15) is 19.8 Å². The van der Waals surface area contributed by atoms with Crippen LogP contribution in [-0.2, 0) is 32.7 Å². The number of phosphoric acid groups is 1. The second-order valence-electron chi connectivity index (χ2n) is 17.7. The fourth-order valence-electron chi connectivity index (χ4n) is 6.55. The smallest absolute Gasteiger partial charge is 0.306 e. The summed E-state index contributed by atoms with van der Waals surface area (Å²) in [5.74, 6) is -0.936. The van der Waals surface area contributed by atoms with Gasteiger partial charge in [0.2, 0.25) is 0 Å².